The summed E-state index contributed by atoms with van der Waals surface area (Å²) in [5.41, 5.74) is 0. The predicted molar refractivity (Wildman–Crippen MR) is 64.1 cm³/mol. The zero-order chi connectivity index (χ0) is 13.0. The molecule has 0 aromatic rings. The van der Waals surface area contributed by atoms with Crippen molar-refractivity contribution in [1.82, 2.24) is 4.31 Å². The third kappa shape index (κ3) is 3.06. The molecule has 96 valence electrons. The third-order valence-electron chi connectivity index (χ3n) is 2.26. The second-order valence-electron chi connectivity index (χ2n) is 3.48. The van der Waals surface area contributed by atoms with Crippen LogP contribution in [0.25, 0.3) is 0 Å². The molecule has 1 unspecified atom stereocenters. The highest BCUT2D eigenvalue weighted by Gasteiger charge is 2.45. The highest BCUT2D eigenvalue weighted by atomic mass is 32.2. The summed E-state index contributed by atoms with van der Waals surface area (Å²) in [6.07, 6.45) is 2.64. The van der Waals surface area contributed by atoms with E-state index in [0.717, 1.165) is 0 Å². The fourth-order valence-corrected chi connectivity index (χ4v) is 3.10. The van der Waals surface area contributed by atoms with Crippen molar-refractivity contribution in [3.05, 3.63) is 12.2 Å². The van der Waals surface area contributed by atoms with Gasteiger partial charge in [-0.1, -0.05) is 10.4 Å². The van der Waals surface area contributed by atoms with E-state index >= 15 is 0 Å². The van der Waals surface area contributed by atoms with Gasteiger partial charge in [0.25, 0.3) is 11.3 Å². The van der Waals surface area contributed by atoms with E-state index in [9.17, 15) is 9.90 Å². The normalized spacial score (nSPS) is 29.1. The van der Waals surface area contributed by atoms with Gasteiger partial charge in [-0.2, -0.15) is 0 Å². The largest absolute Gasteiger partial charge is 0.600 e. The molecule has 1 aliphatic heterocycles. The molecule has 0 fully saturated rings. The quantitative estimate of drug-likeness (QED) is 0.292. The van der Waals surface area contributed by atoms with Gasteiger partial charge in [0, 0.05) is 0 Å². The lowest BCUT2D eigenvalue weighted by atomic mass is 10.3. The van der Waals surface area contributed by atoms with Gasteiger partial charge >= 0.3 is 6.09 Å². The molecule has 1 amide bonds. The average molecular weight is 260 g/mol. The number of methoxy groups -OCH3 is 2. The van der Waals surface area contributed by atoms with Crippen LogP contribution in [0.4, 0.5) is 4.79 Å². The van der Waals surface area contributed by atoms with Crippen molar-refractivity contribution in [2.24, 2.45) is 4.40 Å². The molecule has 7 heteroatoms. The summed E-state index contributed by atoms with van der Waals surface area (Å²) >= 11 is -0.895. The van der Waals surface area contributed by atoms with Crippen molar-refractivity contribution < 1.29 is 19.4 Å². The SMILES string of the molecule is COC(=O)N1[C@@H](C)C=C[C@@H](C)[S+]1/N=C(\[O-])OC. The molecule has 0 radical (unpaired) electrons. The van der Waals surface area contributed by atoms with Crippen molar-refractivity contribution >= 4 is 23.4 Å². The summed E-state index contributed by atoms with van der Waals surface area (Å²) in [6, 6.07) is -0.157. The number of amides is 1. The Morgan fingerprint density at radius 3 is 2.53 bits per heavy atom. The van der Waals surface area contributed by atoms with Gasteiger partial charge in [0.15, 0.2) is 5.25 Å². The molecule has 0 saturated carbocycles. The van der Waals surface area contributed by atoms with E-state index in [1.807, 2.05) is 26.0 Å². The number of ether oxygens (including phenoxy) is 2. The molecule has 1 heterocycles. The molecule has 6 nitrogen and oxygen atoms in total. The second kappa shape index (κ2) is 5.81. The molecule has 0 spiro atoms. The lowest BCUT2D eigenvalue weighted by Crippen LogP contribution is -2.48. The van der Waals surface area contributed by atoms with Gasteiger partial charge in [0.1, 0.15) is 6.04 Å². The summed E-state index contributed by atoms with van der Waals surface area (Å²) < 4.78 is 14.5. The Hall–Kier alpha value is -1.37. The van der Waals surface area contributed by atoms with E-state index < -0.39 is 23.4 Å². The Kier molecular flexibility index (Phi) is 4.68. The van der Waals surface area contributed by atoms with Crippen molar-refractivity contribution in [2.75, 3.05) is 14.2 Å². The Labute approximate surface area is 104 Å². The summed E-state index contributed by atoms with van der Waals surface area (Å²) in [5, 5.41) is 11.2. The summed E-state index contributed by atoms with van der Waals surface area (Å²) in [5.74, 6) is 0. The second-order valence-corrected chi connectivity index (χ2v) is 5.38. The molecule has 0 aromatic heterocycles. The topological polar surface area (TPSA) is 74.2 Å². The van der Waals surface area contributed by atoms with Gasteiger partial charge in [0.05, 0.1) is 7.11 Å². The Morgan fingerprint density at radius 2 is 2.00 bits per heavy atom. The first kappa shape index (κ1) is 13.7. The van der Waals surface area contributed by atoms with E-state index in [1.165, 1.54) is 18.5 Å². The van der Waals surface area contributed by atoms with Gasteiger partial charge in [-0.25, -0.2) is 4.79 Å². The Morgan fingerprint density at radius 1 is 1.35 bits per heavy atom. The Balaban J connectivity index is 3.02. The van der Waals surface area contributed by atoms with E-state index in [-0.39, 0.29) is 11.3 Å². The molecule has 3 atom stereocenters. The highest BCUT2D eigenvalue weighted by molar-refractivity contribution is 7.94. The maximum atomic E-state index is 11.7. The van der Waals surface area contributed by atoms with E-state index in [2.05, 4.69) is 9.13 Å². The first-order chi connectivity index (χ1) is 8.01. The minimum atomic E-state index is -0.895. The van der Waals surface area contributed by atoms with Crippen LogP contribution in [0.2, 0.25) is 0 Å². The highest BCUT2D eigenvalue weighted by Crippen LogP contribution is 2.25. The summed E-state index contributed by atoms with van der Waals surface area (Å²) in [4.78, 5) is 11.7. The summed E-state index contributed by atoms with van der Waals surface area (Å²) in [7, 11) is 2.56. The van der Waals surface area contributed by atoms with Crippen LogP contribution < -0.4 is 5.11 Å². The van der Waals surface area contributed by atoms with Crippen molar-refractivity contribution in [1.29, 1.82) is 0 Å². The standard InChI is InChI=1S/C10H16N2O4S/c1-7-5-6-8(2)17(11-9(13)15-3)12(7)10(14)16-4/h5-8H,1-4H3/t7-,8+,17?/m0/s1. The third-order valence-corrected chi connectivity index (χ3v) is 4.30. The molecule has 0 saturated heterocycles. The van der Waals surface area contributed by atoms with Crippen LogP contribution in [-0.2, 0) is 20.7 Å². The Bertz CT molecular complexity index is 345. The maximum absolute atomic E-state index is 11.7. The smallest absolute Gasteiger partial charge is 0.453 e. The summed E-state index contributed by atoms with van der Waals surface area (Å²) in [6.45, 7) is 3.72. The number of rotatable bonds is 1. The molecule has 0 aromatic carbocycles. The zero-order valence-corrected chi connectivity index (χ0v) is 11.1. The molecular weight excluding hydrogens is 244 g/mol. The van der Waals surface area contributed by atoms with Gasteiger partial charge in [0.2, 0.25) is 6.08 Å². The van der Waals surface area contributed by atoms with Gasteiger partial charge < -0.3 is 14.6 Å². The number of hydrogen-bond acceptors (Lipinski definition) is 5. The monoisotopic (exact) mass is 260 g/mol. The lowest BCUT2D eigenvalue weighted by Gasteiger charge is -2.26. The van der Waals surface area contributed by atoms with Gasteiger partial charge in [-0.05, 0) is 31.4 Å². The molecule has 1 rings (SSSR count). The molecule has 0 N–H and O–H groups in total. The number of nitrogens with zero attached hydrogens (tertiary/aromatic N) is 2. The average Bonchev–Trinajstić information content (AvgIpc) is 2.33. The minimum absolute atomic E-state index is 0.0376. The molecule has 0 aliphatic carbocycles. The number of carbonyl (C=O) groups excluding carboxylic acids is 1. The van der Waals surface area contributed by atoms with Crippen LogP contribution in [0.3, 0.4) is 0 Å². The van der Waals surface area contributed by atoms with Gasteiger partial charge in [-0.15, -0.1) is 0 Å². The van der Waals surface area contributed by atoms with Crippen LogP contribution in [0, 0.1) is 0 Å². The maximum Gasteiger partial charge on any atom is 0.453 e. The first-order valence-electron chi connectivity index (χ1n) is 5.09. The van der Waals surface area contributed by atoms with E-state index in [0.29, 0.717) is 0 Å². The minimum Gasteiger partial charge on any atom is -0.600 e. The van der Waals surface area contributed by atoms with Crippen LogP contribution in [0.1, 0.15) is 13.8 Å². The lowest BCUT2D eigenvalue weighted by molar-refractivity contribution is -0.246. The first-order valence-corrected chi connectivity index (χ1v) is 6.30. The number of carbonyl (C=O) groups is 1. The van der Waals surface area contributed by atoms with Crippen molar-refractivity contribution in [3.8, 4) is 0 Å². The fraction of sp³-hybridized carbons (Fsp3) is 0.600. The van der Waals surface area contributed by atoms with Crippen molar-refractivity contribution in [2.45, 2.75) is 25.1 Å². The molecule has 0 bridgehead atoms. The fourth-order valence-electron chi connectivity index (χ4n) is 1.39. The van der Waals surface area contributed by atoms with Crippen LogP contribution in [0.5, 0.6) is 0 Å². The van der Waals surface area contributed by atoms with Crippen LogP contribution in [-0.4, -0.2) is 42.0 Å². The molecule has 1 aliphatic rings. The van der Waals surface area contributed by atoms with E-state index in [1.54, 1.807) is 0 Å². The number of hydrogen-bond donors (Lipinski definition) is 0. The zero-order valence-electron chi connectivity index (χ0n) is 10.2. The molecular formula is C10H16N2O4S. The van der Waals surface area contributed by atoms with E-state index in [4.69, 9.17) is 4.74 Å². The van der Waals surface area contributed by atoms with Crippen LogP contribution >= 0.6 is 0 Å². The van der Waals surface area contributed by atoms with Crippen LogP contribution in [0.15, 0.2) is 16.5 Å². The molecule has 17 heavy (non-hydrogen) atoms. The van der Waals surface area contributed by atoms with Crippen molar-refractivity contribution in [3.63, 3.8) is 0 Å². The van der Waals surface area contributed by atoms with Gasteiger partial charge in [-0.3, -0.25) is 0 Å². The predicted octanol–water partition coefficient (Wildman–Crippen LogP) is 0.213.